The summed E-state index contributed by atoms with van der Waals surface area (Å²) in [5, 5.41) is 19.2. The minimum absolute atomic E-state index is 0.0325. The maximum atomic E-state index is 16.2. The van der Waals surface area contributed by atoms with E-state index in [-0.39, 0.29) is 11.8 Å². The van der Waals surface area contributed by atoms with Crippen molar-refractivity contribution >= 4 is 23.2 Å². The van der Waals surface area contributed by atoms with Gasteiger partial charge in [0.2, 0.25) is 5.91 Å². The molecule has 5 atom stereocenters. The summed E-state index contributed by atoms with van der Waals surface area (Å²) < 4.78 is 24.7. The van der Waals surface area contributed by atoms with Crippen molar-refractivity contribution in [1.29, 1.82) is 0 Å². The highest BCUT2D eigenvalue weighted by Gasteiger charge is 2.66. The van der Waals surface area contributed by atoms with Gasteiger partial charge in [-0.2, -0.15) is 0 Å². The molecule has 9 nitrogen and oxygen atoms in total. The van der Waals surface area contributed by atoms with Crippen LogP contribution in [0.25, 0.3) is 0 Å². The number of hydrogen-bond acceptors (Lipinski definition) is 6. The first-order chi connectivity index (χ1) is 22.1. The van der Waals surface area contributed by atoms with Crippen molar-refractivity contribution in [3.63, 3.8) is 0 Å². The van der Waals surface area contributed by atoms with Crippen LogP contribution in [0.3, 0.4) is 0 Å². The molecule has 2 saturated heterocycles. The van der Waals surface area contributed by atoms with Crippen LogP contribution in [0.1, 0.15) is 62.1 Å². The van der Waals surface area contributed by atoms with Crippen LogP contribution in [0.4, 0.5) is 15.8 Å². The van der Waals surface area contributed by atoms with Crippen LogP contribution in [0.15, 0.2) is 85.1 Å². The second kappa shape index (κ2) is 11.4. The monoisotopic (exact) mass is 623 g/mol. The van der Waals surface area contributed by atoms with Crippen molar-refractivity contribution in [3.8, 4) is 0 Å². The molecule has 4 aromatic rings. The number of fused-ring (bicyclic) bond motifs is 2. The number of ether oxygens (including phenoxy) is 1. The van der Waals surface area contributed by atoms with Crippen LogP contribution in [0.2, 0.25) is 0 Å². The average Bonchev–Trinajstić information content (AvgIpc) is 3.70. The third-order valence-corrected chi connectivity index (χ3v) is 9.88. The van der Waals surface area contributed by atoms with E-state index in [1.54, 1.807) is 34.5 Å². The Bertz CT molecular complexity index is 1760. The Hall–Kier alpha value is -4.41. The summed E-state index contributed by atoms with van der Waals surface area (Å²) in [6.07, 6.45) is 1.01. The Morgan fingerprint density at radius 3 is 2.43 bits per heavy atom. The van der Waals surface area contributed by atoms with Crippen molar-refractivity contribution in [2.45, 2.75) is 70.2 Å². The summed E-state index contributed by atoms with van der Waals surface area (Å²) in [7, 11) is 0. The number of carbonyl (C=O) groups excluding carboxylic acids is 2. The maximum Gasteiger partial charge on any atom is 0.264 e. The molecule has 46 heavy (non-hydrogen) atoms. The number of alkyl halides is 1. The standard InChI is InChI=1S/C36H38FN5O4/c1-23-32(35(2,3)37)30(16-18-40-22-28(38-39-40)33(44)25-12-8-5-9-13-25)46-36(23)27-20-26(41-19-17-31(41)43)14-15-29(27)42(34(36)45)21-24-10-6-4-7-11-24/h4-15,20,22-23,30,32-33,44H,16-19,21H2,1-3H3/t23-,30+,32-,33-,36+/m1/s1. The fourth-order valence-electron chi connectivity index (χ4n) is 7.60. The number of hydrogen-bond donors (Lipinski definition) is 1. The summed E-state index contributed by atoms with van der Waals surface area (Å²) in [6, 6.07) is 24.6. The molecule has 0 bridgehead atoms. The second-order valence-corrected chi connectivity index (χ2v) is 13.2. The molecule has 2 fully saturated rings. The first-order valence-electron chi connectivity index (χ1n) is 15.9. The van der Waals surface area contributed by atoms with Gasteiger partial charge in [-0.15, -0.1) is 5.10 Å². The van der Waals surface area contributed by atoms with Gasteiger partial charge in [-0.05, 0) is 49.6 Å². The van der Waals surface area contributed by atoms with E-state index in [0.717, 1.165) is 5.56 Å². The highest BCUT2D eigenvalue weighted by Crippen LogP contribution is 2.59. The summed E-state index contributed by atoms with van der Waals surface area (Å²) in [6.45, 7) is 6.31. The number of rotatable bonds is 9. The fourth-order valence-corrected chi connectivity index (χ4v) is 7.60. The third kappa shape index (κ3) is 5.00. The summed E-state index contributed by atoms with van der Waals surface area (Å²) in [5.41, 5.74) is 1.09. The number of aliphatic hydroxyl groups excluding tert-OH is 1. The number of aromatic nitrogens is 3. The molecule has 1 aromatic heterocycles. The molecule has 0 aliphatic carbocycles. The number of β-lactam (4-membered cyclic amide) rings is 1. The molecule has 3 aliphatic heterocycles. The molecule has 7 rings (SSSR count). The predicted molar refractivity (Wildman–Crippen MR) is 171 cm³/mol. The summed E-state index contributed by atoms with van der Waals surface area (Å²) in [4.78, 5) is 30.5. The molecule has 4 heterocycles. The van der Waals surface area contributed by atoms with Crippen LogP contribution < -0.4 is 9.80 Å². The van der Waals surface area contributed by atoms with Crippen LogP contribution in [-0.4, -0.2) is 50.2 Å². The number of anilines is 2. The lowest BCUT2D eigenvalue weighted by Gasteiger charge is -2.33. The topological polar surface area (TPSA) is 101 Å². The smallest absolute Gasteiger partial charge is 0.264 e. The highest BCUT2D eigenvalue weighted by molar-refractivity contribution is 6.08. The van der Waals surface area contributed by atoms with E-state index in [1.807, 2.05) is 85.8 Å². The van der Waals surface area contributed by atoms with Crippen LogP contribution in [0.5, 0.6) is 0 Å². The van der Waals surface area contributed by atoms with Gasteiger partial charge in [0.05, 0.1) is 24.5 Å². The van der Waals surface area contributed by atoms with E-state index in [4.69, 9.17) is 4.74 Å². The van der Waals surface area contributed by atoms with Gasteiger partial charge in [0.25, 0.3) is 5.91 Å². The number of aliphatic hydroxyl groups is 1. The number of amides is 2. The lowest BCUT2D eigenvalue weighted by Crippen LogP contribution is -2.46. The van der Waals surface area contributed by atoms with E-state index in [2.05, 4.69) is 10.3 Å². The fraction of sp³-hybridized carbons (Fsp3) is 0.389. The lowest BCUT2D eigenvalue weighted by atomic mass is 9.71. The van der Waals surface area contributed by atoms with Crippen LogP contribution in [0, 0.1) is 11.8 Å². The van der Waals surface area contributed by atoms with Gasteiger partial charge in [-0.1, -0.05) is 72.8 Å². The molecular weight excluding hydrogens is 585 g/mol. The highest BCUT2D eigenvalue weighted by atomic mass is 19.1. The minimum Gasteiger partial charge on any atom is -0.382 e. The second-order valence-electron chi connectivity index (χ2n) is 13.2. The van der Waals surface area contributed by atoms with E-state index in [9.17, 15) is 14.7 Å². The molecule has 3 aliphatic rings. The van der Waals surface area contributed by atoms with Gasteiger partial charge in [0.15, 0.2) is 5.60 Å². The number of halogens is 1. The third-order valence-electron chi connectivity index (χ3n) is 9.88. The average molecular weight is 624 g/mol. The molecule has 0 unspecified atom stereocenters. The van der Waals surface area contributed by atoms with Gasteiger partial charge >= 0.3 is 0 Å². The summed E-state index contributed by atoms with van der Waals surface area (Å²) >= 11 is 0. The first-order valence-corrected chi connectivity index (χ1v) is 15.9. The number of nitrogens with zero attached hydrogens (tertiary/aromatic N) is 5. The minimum atomic E-state index is -1.66. The number of benzene rings is 3. The van der Waals surface area contributed by atoms with E-state index in [1.165, 1.54) is 0 Å². The number of carbonyl (C=O) groups is 2. The van der Waals surface area contributed by atoms with Gasteiger partial charge < -0.3 is 19.6 Å². The van der Waals surface area contributed by atoms with Crippen molar-refractivity contribution in [2.75, 3.05) is 16.3 Å². The van der Waals surface area contributed by atoms with E-state index in [0.29, 0.717) is 60.7 Å². The molecule has 2 amide bonds. The maximum absolute atomic E-state index is 16.2. The molecule has 10 heteroatoms. The molecule has 3 aromatic carbocycles. The van der Waals surface area contributed by atoms with Crippen molar-refractivity contribution < 1.29 is 23.8 Å². The van der Waals surface area contributed by atoms with Gasteiger partial charge in [-0.3, -0.25) is 14.3 Å². The molecule has 0 radical (unpaired) electrons. The molecular formula is C36H38FN5O4. The van der Waals surface area contributed by atoms with Crippen LogP contribution in [-0.2, 0) is 33.0 Å². The van der Waals surface area contributed by atoms with E-state index >= 15 is 4.39 Å². The molecule has 0 saturated carbocycles. The van der Waals surface area contributed by atoms with Gasteiger partial charge in [0, 0.05) is 42.6 Å². The van der Waals surface area contributed by atoms with Gasteiger partial charge in [-0.25, -0.2) is 4.39 Å². The Balaban J connectivity index is 1.22. The molecule has 1 spiro atoms. The largest absolute Gasteiger partial charge is 0.382 e. The summed E-state index contributed by atoms with van der Waals surface area (Å²) in [5.74, 6) is -1.33. The number of aryl methyl sites for hydroxylation is 1. The van der Waals surface area contributed by atoms with Crippen LogP contribution >= 0.6 is 0 Å². The first kappa shape index (κ1) is 30.3. The Kier molecular flexibility index (Phi) is 7.52. The zero-order valence-electron chi connectivity index (χ0n) is 26.2. The van der Waals surface area contributed by atoms with Crippen molar-refractivity contribution in [3.05, 3.63) is 107 Å². The Morgan fingerprint density at radius 1 is 1.07 bits per heavy atom. The molecule has 1 N–H and O–H groups in total. The lowest BCUT2D eigenvalue weighted by molar-refractivity contribution is -0.146. The zero-order valence-corrected chi connectivity index (χ0v) is 26.2. The SMILES string of the molecule is C[C@@H]1[C@@H](C(C)(C)F)[C@H](CCn2cc([C@H](O)c3ccccc3)nn2)O[C@@]12C(=O)N(Cc1ccccc1)c1ccc(N3CCC3=O)cc12. The van der Waals surface area contributed by atoms with E-state index < -0.39 is 35.3 Å². The van der Waals surface area contributed by atoms with Crippen molar-refractivity contribution in [2.24, 2.45) is 11.8 Å². The zero-order chi connectivity index (χ0) is 32.2. The normalized spacial score (nSPS) is 24.8. The Labute approximate surface area is 267 Å². The molecule has 238 valence electrons. The van der Waals surface area contributed by atoms with Crippen molar-refractivity contribution in [1.82, 2.24) is 15.0 Å². The quantitative estimate of drug-likeness (QED) is 0.253. The Morgan fingerprint density at radius 2 is 1.78 bits per heavy atom. The van der Waals surface area contributed by atoms with Gasteiger partial charge in [0.1, 0.15) is 17.5 Å². The predicted octanol–water partition coefficient (Wildman–Crippen LogP) is 5.33.